The normalized spacial score (nSPS) is 12.7. The van der Waals surface area contributed by atoms with Crippen LogP contribution >= 0.6 is 11.3 Å². The van der Waals surface area contributed by atoms with Crippen LogP contribution in [0.3, 0.4) is 0 Å². The van der Waals surface area contributed by atoms with Crippen molar-refractivity contribution in [3.8, 4) is 22.4 Å². The van der Waals surface area contributed by atoms with Gasteiger partial charge in [0.1, 0.15) is 11.1 Å². The number of fused-ring (bicyclic) bond motifs is 5. The van der Waals surface area contributed by atoms with Gasteiger partial charge < -0.3 is 4.42 Å². The average Bonchev–Trinajstić information content (AvgIpc) is 3.37. The lowest BCUT2D eigenvalue weighted by atomic mass is 9.88. The number of rotatable bonds is 3. The van der Waals surface area contributed by atoms with E-state index in [9.17, 15) is 0 Å². The largest absolute Gasteiger partial charge is 0.453 e. The Morgan fingerprint density at radius 1 is 0.882 bits per heavy atom. The third kappa shape index (κ3) is 3.17. The second kappa shape index (κ2) is 7.78. The van der Waals surface area contributed by atoms with Gasteiger partial charge in [-0.15, -0.1) is 11.3 Å². The van der Waals surface area contributed by atoms with E-state index in [0.717, 1.165) is 59.5 Å². The molecule has 0 spiro atoms. The number of aryl methyl sites for hydroxylation is 3. The lowest BCUT2D eigenvalue weighted by molar-refractivity contribution is 0.672. The smallest absolute Gasteiger partial charge is 0.162 e. The molecule has 6 aromatic rings. The van der Waals surface area contributed by atoms with Crippen molar-refractivity contribution in [2.24, 2.45) is 0 Å². The summed E-state index contributed by atoms with van der Waals surface area (Å²) in [6.07, 6.45) is 1.87. The van der Waals surface area contributed by atoms with E-state index in [4.69, 9.17) is 15.8 Å². The number of hydrogen-bond donors (Lipinski definition) is 0. The number of thiazole rings is 1. The Hall–Kier alpha value is -3.50. The molecule has 3 aromatic heterocycles. The lowest BCUT2D eigenvalue weighted by Crippen LogP contribution is -1.99. The van der Waals surface area contributed by atoms with Gasteiger partial charge in [0.2, 0.25) is 0 Å². The number of aromatic nitrogens is 2. The fourth-order valence-corrected chi connectivity index (χ4v) is 5.83. The van der Waals surface area contributed by atoms with Crippen molar-refractivity contribution in [3.05, 3.63) is 82.5 Å². The van der Waals surface area contributed by atoms with Crippen LogP contribution in [0.4, 0.5) is 0 Å². The predicted molar refractivity (Wildman–Crippen MR) is 144 cm³/mol. The summed E-state index contributed by atoms with van der Waals surface area (Å²) in [5.74, 6) is -0.783. The fourth-order valence-electron chi connectivity index (χ4n) is 5.01. The molecule has 0 bridgehead atoms. The van der Waals surface area contributed by atoms with Crippen LogP contribution in [0.1, 0.15) is 42.8 Å². The average molecular weight is 464 g/mol. The van der Waals surface area contributed by atoms with E-state index in [0.29, 0.717) is 0 Å². The molecule has 0 aliphatic heterocycles. The maximum atomic E-state index is 8.80. The molecule has 0 aliphatic carbocycles. The second-order valence-corrected chi connectivity index (χ2v) is 10.4. The van der Waals surface area contributed by atoms with Gasteiger partial charge in [-0.3, -0.25) is 4.98 Å². The topological polar surface area (TPSA) is 38.9 Å². The van der Waals surface area contributed by atoms with Gasteiger partial charge in [0.15, 0.2) is 5.58 Å². The minimum Gasteiger partial charge on any atom is -0.453 e. The molecule has 0 unspecified atom stereocenters. The van der Waals surface area contributed by atoms with Crippen molar-refractivity contribution in [2.45, 2.75) is 40.5 Å². The maximum absolute atomic E-state index is 8.80. The van der Waals surface area contributed by atoms with Crippen LogP contribution < -0.4 is 0 Å². The first-order valence-electron chi connectivity index (χ1n) is 12.0. The minimum atomic E-state index is -0.783. The number of hydrogen-bond acceptors (Lipinski definition) is 4. The van der Waals surface area contributed by atoms with Crippen LogP contribution in [-0.2, 0) is 0 Å². The summed E-state index contributed by atoms with van der Waals surface area (Å²) in [5, 5.41) is 3.16. The Morgan fingerprint density at radius 3 is 2.38 bits per heavy atom. The molecule has 0 radical (unpaired) electrons. The van der Waals surface area contributed by atoms with Crippen LogP contribution in [-0.4, -0.2) is 9.97 Å². The fraction of sp³-hybridized carbons (Fsp3) is 0.200. The first-order chi connectivity index (χ1) is 16.7. The molecule has 0 aliphatic rings. The van der Waals surface area contributed by atoms with E-state index >= 15 is 0 Å². The molecule has 0 amide bonds. The Balaban J connectivity index is 1.65. The summed E-state index contributed by atoms with van der Waals surface area (Å²) in [4.78, 5) is 9.59. The highest BCUT2D eigenvalue weighted by molar-refractivity contribution is 7.18. The molecular formula is C30H26N2OS. The third-order valence-electron chi connectivity index (χ3n) is 6.60. The highest BCUT2D eigenvalue weighted by Crippen LogP contribution is 2.41. The van der Waals surface area contributed by atoms with Crippen LogP contribution in [0.2, 0.25) is 0 Å². The van der Waals surface area contributed by atoms with Crippen molar-refractivity contribution in [2.75, 3.05) is 0 Å². The third-order valence-corrected chi connectivity index (χ3v) is 7.54. The van der Waals surface area contributed by atoms with Gasteiger partial charge >= 0.3 is 0 Å². The van der Waals surface area contributed by atoms with Gasteiger partial charge in [0.05, 0.1) is 15.4 Å². The van der Waals surface area contributed by atoms with Crippen LogP contribution in [0.15, 0.2) is 65.2 Å². The summed E-state index contributed by atoms with van der Waals surface area (Å²) in [7, 11) is 0. The van der Waals surface area contributed by atoms with Gasteiger partial charge in [0, 0.05) is 23.9 Å². The number of nitrogens with zero attached hydrogens (tertiary/aromatic N) is 2. The zero-order chi connectivity index (χ0) is 24.5. The zero-order valence-corrected chi connectivity index (χ0v) is 20.8. The molecule has 168 valence electrons. The van der Waals surface area contributed by atoms with Gasteiger partial charge in [0.25, 0.3) is 0 Å². The summed E-state index contributed by atoms with van der Waals surface area (Å²) in [6.45, 7) is 10.1. The summed E-state index contributed by atoms with van der Waals surface area (Å²) >= 11 is 1.68. The maximum Gasteiger partial charge on any atom is 0.162 e. The molecule has 0 saturated heterocycles. The van der Waals surface area contributed by atoms with Gasteiger partial charge in [-0.1, -0.05) is 44.2 Å². The van der Waals surface area contributed by atoms with E-state index in [1.807, 2.05) is 27.0 Å². The first kappa shape index (κ1) is 19.9. The van der Waals surface area contributed by atoms with Gasteiger partial charge in [-0.25, -0.2) is 4.98 Å². The SMILES string of the molecule is [2H]C(C)(C)c1cnc(-c2cccc3c2oc2c3ccc3sc(C)nc32)cc1-c1c(C)cccc1C. The number of furan rings is 1. The number of benzene rings is 3. The molecule has 0 fully saturated rings. The highest BCUT2D eigenvalue weighted by Gasteiger charge is 2.19. The van der Waals surface area contributed by atoms with Crippen molar-refractivity contribution in [3.63, 3.8) is 0 Å². The van der Waals surface area contributed by atoms with Crippen LogP contribution in [0, 0.1) is 20.8 Å². The van der Waals surface area contributed by atoms with Crippen LogP contribution in [0.25, 0.3) is 54.5 Å². The van der Waals surface area contributed by atoms with Crippen LogP contribution in [0.5, 0.6) is 0 Å². The summed E-state index contributed by atoms with van der Waals surface area (Å²) in [5.41, 5.74) is 9.86. The van der Waals surface area contributed by atoms with Gasteiger partial charge in [-0.05, 0) is 78.7 Å². The predicted octanol–water partition coefficient (Wildman–Crippen LogP) is 8.97. The molecule has 6 rings (SSSR count). The Bertz CT molecular complexity index is 1750. The standard InChI is InChI=1S/C30H26N2OS/c1-16(2)24-15-31-25(14-23(24)27-17(3)8-6-9-18(27)4)22-11-7-10-20-21-12-13-26-28(32-19(5)34-26)30(21)33-29(20)22/h6-16H,1-5H3/i16D. The Labute approximate surface area is 204 Å². The van der Waals surface area contributed by atoms with E-state index in [1.54, 1.807) is 11.3 Å². The molecule has 4 heteroatoms. The van der Waals surface area contributed by atoms with Crippen molar-refractivity contribution < 1.29 is 5.79 Å². The molecule has 3 nitrogen and oxygen atoms in total. The van der Waals surface area contributed by atoms with Crippen molar-refractivity contribution in [1.29, 1.82) is 0 Å². The number of pyridine rings is 1. The first-order valence-corrected chi connectivity index (χ1v) is 12.3. The van der Waals surface area contributed by atoms with E-state index in [1.165, 1.54) is 16.7 Å². The molecule has 0 atom stereocenters. The highest BCUT2D eigenvalue weighted by atomic mass is 32.1. The quantitative estimate of drug-likeness (QED) is 0.263. The zero-order valence-electron chi connectivity index (χ0n) is 21.0. The summed E-state index contributed by atoms with van der Waals surface area (Å²) in [6, 6.07) is 19.0. The second-order valence-electron chi connectivity index (χ2n) is 9.19. The lowest BCUT2D eigenvalue weighted by Gasteiger charge is -2.18. The monoisotopic (exact) mass is 463 g/mol. The molecule has 0 saturated carbocycles. The van der Waals surface area contributed by atoms with E-state index in [2.05, 4.69) is 68.4 Å². The van der Waals surface area contributed by atoms with Gasteiger partial charge in [-0.2, -0.15) is 0 Å². The number of para-hydroxylation sites is 1. The molecular weight excluding hydrogens is 436 g/mol. The summed E-state index contributed by atoms with van der Waals surface area (Å²) < 4.78 is 16.5. The molecule has 3 heterocycles. The van der Waals surface area contributed by atoms with Crippen molar-refractivity contribution >= 4 is 43.5 Å². The minimum absolute atomic E-state index is 0.783. The Kier molecular flexibility index (Phi) is 4.56. The molecule has 3 aromatic carbocycles. The Morgan fingerprint density at radius 2 is 1.62 bits per heavy atom. The van der Waals surface area contributed by atoms with E-state index in [-0.39, 0.29) is 0 Å². The molecule has 34 heavy (non-hydrogen) atoms. The van der Waals surface area contributed by atoms with Crippen molar-refractivity contribution in [1.82, 2.24) is 9.97 Å². The molecule has 0 N–H and O–H groups in total. The van der Waals surface area contributed by atoms with E-state index < -0.39 is 5.89 Å².